The maximum Gasteiger partial charge on any atom is 0.0166 e. The Hall–Kier alpha value is -0.560. The van der Waals surface area contributed by atoms with Crippen LogP contribution in [0.4, 0.5) is 0 Å². The predicted octanol–water partition coefficient (Wildman–Crippen LogP) is 2.60. The summed E-state index contributed by atoms with van der Waals surface area (Å²) in [6.45, 7) is 5.76. The van der Waals surface area contributed by atoms with Gasteiger partial charge in [-0.05, 0) is 32.9 Å². The maximum atomic E-state index is 2.52. The fourth-order valence-electron chi connectivity index (χ4n) is 1.54. The third-order valence-corrected chi connectivity index (χ3v) is 2.25. The summed E-state index contributed by atoms with van der Waals surface area (Å²) in [6.07, 6.45) is 12.7. The molecule has 1 heterocycles. The van der Waals surface area contributed by atoms with Gasteiger partial charge in [-0.2, -0.15) is 0 Å². The molecule has 1 rings (SSSR count). The normalized spacial score (nSPS) is 21.1. The van der Waals surface area contributed by atoms with Crippen LogP contribution in [0.1, 0.15) is 26.2 Å². The van der Waals surface area contributed by atoms with Crippen molar-refractivity contribution in [1.29, 1.82) is 0 Å². The molecule has 0 bridgehead atoms. The van der Waals surface area contributed by atoms with Crippen LogP contribution in [0.15, 0.2) is 24.3 Å². The first-order chi connectivity index (χ1) is 5.93. The van der Waals surface area contributed by atoms with Crippen molar-refractivity contribution in [3.8, 4) is 0 Å². The highest BCUT2D eigenvalue weighted by Gasteiger charge is 2.06. The molecule has 0 aromatic carbocycles. The third kappa shape index (κ3) is 3.72. The maximum absolute atomic E-state index is 2.52. The molecular formula is C11H19N. The molecule has 0 amide bonds. The van der Waals surface area contributed by atoms with E-state index in [0.29, 0.717) is 0 Å². The molecule has 0 saturated carbocycles. The second-order valence-electron chi connectivity index (χ2n) is 3.32. The summed E-state index contributed by atoms with van der Waals surface area (Å²) in [5.74, 6) is 0. The lowest BCUT2D eigenvalue weighted by molar-refractivity contribution is 0.251. The molecule has 1 saturated heterocycles. The molecule has 1 heteroatoms. The molecule has 1 aliphatic heterocycles. The van der Waals surface area contributed by atoms with E-state index in [1.165, 1.54) is 32.4 Å². The van der Waals surface area contributed by atoms with Crippen LogP contribution < -0.4 is 0 Å². The van der Waals surface area contributed by atoms with Gasteiger partial charge in [-0.1, -0.05) is 30.7 Å². The van der Waals surface area contributed by atoms with Crippen LogP contribution in [0.25, 0.3) is 0 Å². The van der Waals surface area contributed by atoms with E-state index in [1.807, 2.05) is 6.92 Å². The Bertz CT molecular complexity index is 152. The minimum absolute atomic E-state index is 1.13. The molecule has 1 fully saturated rings. The first kappa shape index (κ1) is 9.53. The highest BCUT2D eigenvalue weighted by Crippen LogP contribution is 2.07. The zero-order valence-corrected chi connectivity index (χ0v) is 8.00. The molecule has 68 valence electrons. The van der Waals surface area contributed by atoms with E-state index in [0.717, 1.165) is 6.54 Å². The second-order valence-corrected chi connectivity index (χ2v) is 3.32. The first-order valence-electron chi connectivity index (χ1n) is 4.93. The molecule has 1 nitrogen and oxygen atoms in total. The van der Waals surface area contributed by atoms with Crippen molar-refractivity contribution in [3.05, 3.63) is 24.3 Å². The van der Waals surface area contributed by atoms with E-state index in [-0.39, 0.29) is 0 Å². The fourth-order valence-corrected chi connectivity index (χ4v) is 1.54. The zero-order chi connectivity index (χ0) is 8.65. The summed E-state index contributed by atoms with van der Waals surface area (Å²) in [6, 6.07) is 0. The van der Waals surface area contributed by atoms with Gasteiger partial charge in [-0.25, -0.2) is 0 Å². The molecular weight excluding hydrogens is 146 g/mol. The van der Waals surface area contributed by atoms with Gasteiger partial charge < -0.3 is 0 Å². The Morgan fingerprint density at radius 1 is 1.08 bits per heavy atom. The summed E-state index contributed by atoms with van der Waals surface area (Å²) in [7, 11) is 0. The molecule has 0 atom stereocenters. The standard InChI is InChI=1S/C11H19N/c1-2-3-4-6-9-12-10-7-5-8-11-12/h2-4,6H,5,7-11H2,1H3/b3-2+,6-4+. The molecule has 0 aromatic heterocycles. The van der Waals surface area contributed by atoms with Crippen LogP contribution in [0.5, 0.6) is 0 Å². The second kappa shape index (κ2) is 6.01. The number of hydrogen-bond acceptors (Lipinski definition) is 1. The Morgan fingerprint density at radius 2 is 1.83 bits per heavy atom. The quantitative estimate of drug-likeness (QED) is 0.581. The molecule has 1 aliphatic rings. The molecule has 0 spiro atoms. The minimum atomic E-state index is 1.13. The van der Waals surface area contributed by atoms with Crippen molar-refractivity contribution in [3.63, 3.8) is 0 Å². The van der Waals surface area contributed by atoms with Crippen LogP contribution in [0.3, 0.4) is 0 Å². The van der Waals surface area contributed by atoms with E-state index >= 15 is 0 Å². The fraction of sp³-hybridized carbons (Fsp3) is 0.636. The predicted molar refractivity (Wildman–Crippen MR) is 54.2 cm³/mol. The smallest absolute Gasteiger partial charge is 0.0166 e. The van der Waals surface area contributed by atoms with E-state index in [4.69, 9.17) is 0 Å². The van der Waals surface area contributed by atoms with Gasteiger partial charge in [0.1, 0.15) is 0 Å². The highest BCUT2D eigenvalue weighted by molar-refractivity contribution is 5.02. The lowest BCUT2D eigenvalue weighted by Crippen LogP contribution is -2.29. The highest BCUT2D eigenvalue weighted by atomic mass is 15.1. The summed E-state index contributed by atoms with van der Waals surface area (Å²) in [5.41, 5.74) is 0. The Balaban J connectivity index is 2.12. The Kier molecular flexibility index (Phi) is 4.77. The van der Waals surface area contributed by atoms with Gasteiger partial charge >= 0.3 is 0 Å². The topological polar surface area (TPSA) is 3.24 Å². The van der Waals surface area contributed by atoms with Crippen molar-refractivity contribution in [2.45, 2.75) is 26.2 Å². The van der Waals surface area contributed by atoms with Gasteiger partial charge in [-0.3, -0.25) is 4.90 Å². The van der Waals surface area contributed by atoms with E-state index in [9.17, 15) is 0 Å². The SMILES string of the molecule is C/C=C/C=C/CN1CCCCC1. The molecule has 0 radical (unpaired) electrons. The number of nitrogens with zero attached hydrogens (tertiary/aromatic N) is 1. The molecule has 0 N–H and O–H groups in total. The van der Waals surface area contributed by atoms with E-state index in [2.05, 4.69) is 29.2 Å². The average Bonchev–Trinajstić information content (AvgIpc) is 2.14. The average molecular weight is 165 g/mol. The minimum Gasteiger partial charge on any atom is -0.300 e. The summed E-state index contributed by atoms with van der Waals surface area (Å²) in [4.78, 5) is 2.52. The van der Waals surface area contributed by atoms with Gasteiger partial charge in [0.2, 0.25) is 0 Å². The van der Waals surface area contributed by atoms with Crippen molar-refractivity contribution in [2.75, 3.05) is 19.6 Å². The van der Waals surface area contributed by atoms with Gasteiger partial charge in [-0.15, -0.1) is 0 Å². The van der Waals surface area contributed by atoms with Crippen LogP contribution in [0, 0.1) is 0 Å². The van der Waals surface area contributed by atoms with Gasteiger partial charge in [0.15, 0.2) is 0 Å². The molecule has 0 aromatic rings. The monoisotopic (exact) mass is 165 g/mol. The lowest BCUT2D eigenvalue weighted by atomic mass is 10.1. The number of likely N-dealkylation sites (tertiary alicyclic amines) is 1. The number of hydrogen-bond donors (Lipinski definition) is 0. The van der Waals surface area contributed by atoms with E-state index < -0.39 is 0 Å². The zero-order valence-electron chi connectivity index (χ0n) is 8.00. The van der Waals surface area contributed by atoms with Crippen molar-refractivity contribution >= 4 is 0 Å². The van der Waals surface area contributed by atoms with Gasteiger partial charge in [0.05, 0.1) is 0 Å². The van der Waals surface area contributed by atoms with Crippen LogP contribution in [0.2, 0.25) is 0 Å². The third-order valence-electron chi connectivity index (χ3n) is 2.25. The summed E-state index contributed by atoms with van der Waals surface area (Å²) >= 11 is 0. The van der Waals surface area contributed by atoms with Crippen molar-refractivity contribution in [2.24, 2.45) is 0 Å². The van der Waals surface area contributed by atoms with Gasteiger partial charge in [0.25, 0.3) is 0 Å². The Labute approximate surface area is 75.8 Å². The molecule has 12 heavy (non-hydrogen) atoms. The first-order valence-corrected chi connectivity index (χ1v) is 4.93. The summed E-state index contributed by atoms with van der Waals surface area (Å²) < 4.78 is 0. The number of allylic oxidation sites excluding steroid dienone is 3. The van der Waals surface area contributed by atoms with Gasteiger partial charge in [0, 0.05) is 6.54 Å². The van der Waals surface area contributed by atoms with E-state index in [1.54, 1.807) is 0 Å². The van der Waals surface area contributed by atoms with Crippen LogP contribution in [-0.2, 0) is 0 Å². The van der Waals surface area contributed by atoms with Crippen LogP contribution in [-0.4, -0.2) is 24.5 Å². The molecule has 0 aliphatic carbocycles. The Morgan fingerprint density at radius 3 is 2.50 bits per heavy atom. The lowest BCUT2D eigenvalue weighted by Gasteiger charge is -2.24. The van der Waals surface area contributed by atoms with Crippen LogP contribution >= 0.6 is 0 Å². The van der Waals surface area contributed by atoms with Crippen molar-refractivity contribution < 1.29 is 0 Å². The largest absolute Gasteiger partial charge is 0.300 e. The number of piperidine rings is 1. The molecule has 0 unspecified atom stereocenters. The summed E-state index contributed by atoms with van der Waals surface area (Å²) in [5, 5.41) is 0. The van der Waals surface area contributed by atoms with Crippen molar-refractivity contribution in [1.82, 2.24) is 4.90 Å². The number of rotatable bonds is 3.